The molecule has 7 nitrogen and oxygen atoms in total. The molecule has 1 fully saturated rings. The Kier molecular flexibility index (Phi) is 5.21. The van der Waals surface area contributed by atoms with Gasteiger partial charge in [-0.15, -0.1) is 10.2 Å². The number of piperidine rings is 1. The maximum absolute atomic E-state index is 13.0. The Labute approximate surface area is 171 Å². The molecular formula is C20H21BrN4O3. The van der Waals surface area contributed by atoms with Gasteiger partial charge in [0.15, 0.2) is 5.65 Å². The molecule has 28 heavy (non-hydrogen) atoms. The van der Waals surface area contributed by atoms with E-state index in [-0.39, 0.29) is 11.8 Å². The van der Waals surface area contributed by atoms with Crippen molar-refractivity contribution in [2.24, 2.45) is 0 Å². The summed E-state index contributed by atoms with van der Waals surface area (Å²) in [5.41, 5.74) is 1.41. The number of nitrogens with zero attached hydrogens (tertiary/aromatic N) is 4. The summed E-state index contributed by atoms with van der Waals surface area (Å²) >= 11 is 3.44. The van der Waals surface area contributed by atoms with Crippen LogP contribution in [-0.2, 0) is 0 Å². The Bertz CT molecular complexity index is 987. The van der Waals surface area contributed by atoms with Gasteiger partial charge in [0.1, 0.15) is 21.8 Å². The minimum atomic E-state index is -0.0198. The zero-order valence-corrected chi connectivity index (χ0v) is 17.3. The fraction of sp³-hybridized carbons (Fsp3) is 0.350. The van der Waals surface area contributed by atoms with Crippen LogP contribution in [0.2, 0.25) is 0 Å². The maximum Gasteiger partial charge on any atom is 0.254 e. The second kappa shape index (κ2) is 7.79. The van der Waals surface area contributed by atoms with Gasteiger partial charge >= 0.3 is 0 Å². The Hall–Kier alpha value is -2.61. The van der Waals surface area contributed by atoms with Crippen molar-refractivity contribution in [1.82, 2.24) is 19.5 Å². The number of rotatable bonds is 4. The van der Waals surface area contributed by atoms with Gasteiger partial charge in [0.2, 0.25) is 0 Å². The van der Waals surface area contributed by atoms with Crippen LogP contribution in [0.4, 0.5) is 0 Å². The lowest BCUT2D eigenvalue weighted by Gasteiger charge is -2.31. The van der Waals surface area contributed by atoms with Gasteiger partial charge in [0.05, 0.1) is 14.2 Å². The van der Waals surface area contributed by atoms with Crippen LogP contribution in [0.15, 0.2) is 41.0 Å². The van der Waals surface area contributed by atoms with E-state index in [0.29, 0.717) is 34.6 Å². The van der Waals surface area contributed by atoms with Gasteiger partial charge in [-0.1, -0.05) is 6.07 Å². The molecule has 0 bridgehead atoms. The predicted molar refractivity (Wildman–Crippen MR) is 108 cm³/mol. The van der Waals surface area contributed by atoms with Crippen molar-refractivity contribution in [3.05, 3.63) is 52.4 Å². The molecule has 1 aliphatic rings. The minimum Gasteiger partial charge on any atom is -0.495 e. The summed E-state index contributed by atoms with van der Waals surface area (Å²) in [5.74, 6) is 2.39. The smallest absolute Gasteiger partial charge is 0.254 e. The van der Waals surface area contributed by atoms with Crippen LogP contribution in [-0.4, -0.2) is 52.7 Å². The third-order valence-electron chi connectivity index (χ3n) is 5.18. The second-order valence-electron chi connectivity index (χ2n) is 6.75. The highest BCUT2D eigenvalue weighted by Gasteiger charge is 2.28. The molecule has 0 N–H and O–H groups in total. The third kappa shape index (κ3) is 3.32. The molecule has 0 spiro atoms. The fourth-order valence-corrected chi connectivity index (χ4v) is 4.21. The van der Waals surface area contributed by atoms with Gasteiger partial charge in [0, 0.05) is 30.8 Å². The summed E-state index contributed by atoms with van der Waals surface area (Å²) < 4.78 is 13.4. The summed E-state index contributed by atoms with van der Waals surface area (Å²) in [5, 5.41) is 8.62. The van der Waals surface area contributed by atoms with Gasteiger partial charge in [-0.05, 0) is 53.0 Å². The summed E-state index contributed by atoms with van der Waals surface area (Å²) in [6.45, 7) is 1.35. The Balaban J connectivity index is 1.50. The highest BCUT2D eigenvalue weighted by molar-refractivity contribution is 9.10. The first-order valence-electron chi connectivity index (χ1n) is 9.13. The van der Waals surface area contributed by atoms with E-state index in [9.17, 15) is 4.79 Å². The molecule has 8 heteroatoms. The van der Waals surface area contributed by atoms with Crippen molar-refractivity contribution in [2.45, 2.75) is 18.8 Å². The summed E-state index contributed by atoms with van der Waals surface area (Å²) in [7, 11) is 3.14. The lowest BCUT2D eigenvalue weighted by atomic mass is 9.95. The van der Waals surface area contributed by atoms with Crippen LogP contribution in [0.5, 0.6) is 11.5 Å². The highest BCUT2D eigenvalue weighted by Crippen LogP contribution is 2.36. The quantitative estimate of drug-likeness (QED) is 0.615. The molecule has 3 heterocycles. The standard InChI is InChI=1S/C20H21BrN4O3/c1-27-15-11-14(12-16(28-2)18(15)21)20(26)24-9-6-13(7-10-24)19-23-22-17-5-3-4-8-25(17)19/h3-5,8,11-13H,6-7,9-10H2,1-2H3. The summed E-state index contributed by atoms with van der Waals surface area (Å²) in [6, 6.07) is 9.37. The number of likely N-dealkylation sites (tertiary alicyclic amines) is 1. The van der Waals surface area contributed by atoms with Crippen LogP contribution in [0.1, 0.15) is 34.9 Å². The first-order chi connectivity index (χ1) is 13.6. The molecule has 0 radical (unpaired) electrons. The van der Waals surface area contributed by atoms with E-state index < -0.39 is 0 Å². The predicted octanol–water partition coefficient (Wildman–Crippen LogP) is 3.53. The van der Waals surface area contributed by atoms with Crippen LogP contribution >= 0.6 is 15.9 Å². The average molecular weight is 445 g/mol. The van der Waals surface area contributed by atoms with Gasteiger partial charge in [0.25, 0.3) is 5.91 Å². The zero-order chi connectivity index (χ0) is 19.7. The van der Waals surface area contributed by atoms with E-state index in [4.69, 9.17) is 9.47 Å². The van der Waals surface area contributed by atoms with E-state index >= 15 is 0 Å². The van der Waals surface area contributed by atoms with E-state index in [1.54, 1.807) is 26.4 Å². The summed E-state index contributed by atoms with van der Waals surface area (Å²) in [6.07, 6.45) is 3.70. The van der Waals surface area contributed by atoms with Gasteiger partial charge < -0.3 is 14.4 Å². The molecule has 1 aromatic carbocycles. The average Bonchev–Trinajstić information content (AvgIpc) is 3.17. The number of pyridine rings is 1. The number of benzene rings is 1. The van der Waals surface area contributed by atoms with Crippen molar-refractivity contribution in [1.29, 1.82) is 0 Å². The molecular weight excluding hydrogens is 424 g/mol. The van der Waals surface area contributed by atoms with E-state index in [0.717, 1.165) is 24.3 Å². The topological polar surface area (TPSA) is 69.0 Å². The van der Waals surface area contributed by atoms with Crippen LogP contribution in [0.3, 0.4) is 0 Å². The molecule has 0 aliphatic carbocycles. The normalized spacial score (nSPS) is 15.0. The van der Waals surface area contributed by atoms with E-state index in [1.165, 1.54) is 0 Å². The molecule has 1 saturated heterocycles. The third-order valence-corrected chi connectivity index (χ3v) is 5.96. The second-order valence-corrected chi connectivity index (χ2v) is 7.54. The monoisotopic (exact) mass is 444 g/mol. The number of fused-ring (bicyclic) bond motifs is 1. The number of hydrogen-bond donors (Lipinski definition) is 0. The van der Waals surface area contributed by atoms with Gasteiger partial charge in [-0.2, -0.15) is 0 Å². The van der Waals surface area contributed by atoms with Gasteiger partial charge in [-0.3, -0.25) is 9.20 Å². The highest BCUT2D eigenvalue weighted by atomic mass is 79.9. The Morgan fingerprint density at radius 3 is 2.43 bits per heavy atom. The first-order valence-corrected chi connectivity index (χ1v) is 9.92. The number of aromatic nitrogens is 3. The first kappa shape index (κ1) is 18.7. The lowest BCUT2D eigenvalue weighted by Crippen LogP contribution is -2.38. The summed E-state index contributed by atoms with van der Waals surface area (Å²) in [4.78, 5) is 14.9. The SMILES string of the molecule is COc1cc(C(=O)N2CCC(c3nnc4ccccn34)CC2)cc(OC)c1Br. The van der Waals surface area contributed by atoms with Crippen molar-refractivity contribution in [3.63, 3.8) is 0 Å². The molecule has 0 atom stereocenters. The Morgan fingerprint density at radius 2 is 1.79 bits per heavy atom. The number of methoxy groups -OCH3 is 2. The molecule has 1 amide bonds. The minimum absolute atomic E-state index is 0.0198. The van der Waals surface area contributed by atoms with Crippen molar-refractivity contribution in [3.8, 4) is 11.5 Å². The molecule has 4 rings (SSSR count). The van der Waals surface area contributed by atoms with Crippen LogP contribution in [0.25, 0.3) is 5.65 Å². The number of halogens is 1. The number of carbonyl (C=O) groups is 1. The number of hydrogen-bond acceptors (Lipinski definition) is 5. The van der Waals surface area contributed by atoms with Crippen molar-refractivity contribution in [2.75, 3.05) is 27.3 Å². The van der Waals surface area contributed by atoms with Crippen molar-refractivity contribution < 1.29 is 14.3 Å². The number of amides is 1. The molecule has 146 valence electrons. The van der Waals surface area contributed by atoms with Crippen molar-refractivity contribution >= 4 is 27.5 Å². The largest absolute Gasteiger partial charge is 0.495 e. The molecule has 0 unspecified atom stereocenters. The molecule has 0 saturated carbocycles. The maximum atomic E-state index is 13.0. The number of ether oxygens (including phenoxy) is 2. The van der Waals surface area contributed by atoms with E-state index in [2.05, 4.69) is 26.1 Å². The molecule has 3 aromatic rings. The van der Waals surface area contributed by atoms with E-state index in [1.807, 2.05) is 33.7 Å². The Morgan fingerprint density at radius 1 is 1.11 bits per heavy atom. The fourth-order valence-electron chi connectivity index (χ4n) is 3.65. The van der Waals surface area contributed by atoms with Gasteiger partial charge in [-0.25, -0.2) is 0 Å². The zero-order valence-electron chi connectivity index (χ0n) is 15.8. The van der Waals surface area contributed by atoms with Crippen LogP contribution < -0.4 is 9.47 Å². The van der Waals surface area contributed by atoms with Crippen LogP contribution in [0, 0.1) is 0 Å². The molecule has 2 aromatic heterocycles. The molecule has 1 aliphatic heterocycles. The lowest BCUT2D eigenvalue weighted by molar-refractivity contribution is 0.0710. The number of carbonyl (C=O) groups excluding carboxylic acids is 1.